The summed E-state index contributed by atoms with van der Waals surface area (Å²) in [5, 5.41) is 0.787. The maximum Gasteiger partial charge on any atom is 0.147 e. The van der Waals surface area contributed by atoms with Crippen LogP contribution < -0.4 is 0 Å². The van der Waals surface area contributed by atoms with Crippen LogP contribution >= 0.6 is 23.5 Å². The number of hydrogen-bond donors (Lipinski definition) is 0. The van der Waals surface area contributed by atoms with E-state index in [1.807, 2.05) is 23.5 Å². The molecule has 2 atom stereocenters. The van der Waals surface area contributed by atoms with Gasteiger partial charge in [0.1, 0.15) is 5.78 Å². The largest absolute Gasteiger partial charge is 0.298 e. The minimum atomic E-state index is 0.268. The van der Waals surface area contributed by atoms with Gasteiger partial charge in [-0.05, 0) is 5.92 Å². The van der Waals surface area contributed by atoms with E-state index in [0.29, 0.717) is 17.0 Å². The Balaban J connectivity index is 2.44. The van der Waals surface area contributed by atoms with Gasteiger partial charge < -0.3 is 0 Å². The molecule has 0 N–H and O–H groups in total. The van der Waals surface area contributed by atoms with Crippen molar-refractivity contribution in [1.29, 1.82) is 0 Å². The minimum absolute atomic E-state index is 0.268. The first-order valence-electron chi connectivity index (χ1n) is 5.94. The van der Waals surface area contributed by atoms with Gasteiger partial charge in [0.25, 0.3) is 0 Å². The smallest absolute Gasteiger partial charge is 0.147 e. The predicted octanol–water partition coefficient (Wildman–Crippen LogP) is 3.62. The molecule has 0 aromatic heterocycles. The number of ketones is 1. The summed E-state index contributed by atoms with van der Waals surface area (Å²) in [5.41, 5.74) is 0. The molecule has 1 heterocycles. The zero-order valence-corrected chi connectivity index (χ0v) is 11.6. The molecule has 1 fully saturated rings. The van der Waals surface area contributed by atoms with Crippen LogP contribution in [-0.4, -0.2) is 27.8 Å². The fourth-order valence-electron chi connectivity index (χ4n) is 1.96. The van der Waals surface area contributed by atoms with Crippen LogP contribution in [-0.2, 0) is 4.79 Å². The molecule has 1 saturated heterocycles. The molecular weight excluding hydrogens is 224 g/mol. The summed E-state index contributed by atoms with van der Waals surface area (Å²) in [5.74, 6) is 3.46. The molecule has 1 rings (SSSR count). The molecule has 0 aromatic carbocycles. The van der Waals surface area contributed by atoms with Crippen LogP contribution in [0, 0.1) is 5.92 Å². The van der Waals surface area contributed by atoms with Gasteiger partial charge in [-0.1, -0.05) is 33.6 Å². The lowest BCUT2D eigenvalue weighted by atomic mass is 9.95. The van der Waals surface area contributed by atoms with Crippen molar-refractivity contribution in [2.45, 2.75) is 50.5 Å². The van der Waals surface area contributed by atoms with Crippen LogP contribution in [0.5, 0.6) is 0 Å². The standard InChI is InChI=1S/C12H22OS2/c1-4-10(5-2)8-11(13)12-9(3)14-6-7-15-12/h9-10,12H,4-8H2,1-3H3. The van der Waals surface area contributed by atoms with Crippen LogP contribution in [0.3, 0.4) is 0 Å². The molecular formula is C12H22OS2. The minimum Gasteiger partial charge on any atom is -0.298 e. The quantitative estimate of drug-likeness (QED) is 0.737. The monoisotopic (exact) mass is 246 g/mol. The highest BCUT2D eigenvalue weighted by molar-refractivity contribution is 8.07. The fourth-order valence-corrected chi connectivity index (χ4v) is 4.71. The summed E-state index contributed by atoms with van der Waals surface area (Å²) in [6.07, 6.45) is 3.08. The van der Waals surface area contributed by atoms with Crippen LogP contribution in [0.25, 0.3) is 0 Å². The number of thioether (sulfide) groups is 2. The zero-order chi connectivity index (χ0) is 11.3. The van der Waals surface area contributed by atoms with E-state index in [4.69, 9.17) is 0 Å². The molecule has 88 valence electrons. The van der Waals surface area contributed by atoms with Gasteiger partial charge in [0.05, 0.1) is 5.25 Å². The predicted molar refractivity (Wildman–Crippen MR) is 71.9 cm³/mol. The third-order valence-corrected chi connectivity index (χ3v) is 6.29. The van der Waals surface area contributed by atoms with Gasteiger partial charge in [0, 0.05) is 23.2 Å². The highest BCUT2D eigenvalue weighted by Crippen LogP contribution is 2.33. The Bertz CT molecular complexity index is 202. The van der Waals surface area contributed by atoms with Crippen molar-refractivity contribution in [3.8, 4) is 0 Å². The number of carbonyl (C=O) groups excluding carboxylic acids is 1. The van der Waals surface area contributed by atoms with E-state index >= 15 is 0 Å². The molecule has 0 aromatic rings. The summed E-state index contributed by atoms with van der Waals surface area (Å²) in [7, 11) is 0. The SMILES string of the molecule is CCC(CC)CC(=O)C1SCCSC1C. The average molecular weight is 246 g/mol. The highest BCUT2D eigenvalue weighted by atomic mass is 32.2. The molecule has 1 aliphatic rings. The lowest BCUT2D eigenvalue weighted by Crippen LogP contribution is -2.32. The van der Waals surface area contributed by atoms with E-state index in [1.54, 1.807) is 0 Å². The Kier molecular flexibility index (Phi) is 6.13. The lowest BCUT2D eigenvalue weighted by Gasteiger charge is -2.27. The molecule has 0 bridgehead atoms. The Morgan fingerprint density at radius 2 is 1.87 bits per heavy atom. The van der Waals surface area contributed by atoms with Crippen molar-refractivity contribution in [3.63, 3.8) is 0 Å². The van der Waals surface area contributed by atoms with Gasteiger partial charge in [-0.2, -0.15) is 11.8 Å². The van der Waals surface area contributed by atoms with Crippen molar-refractivity contribution in [3.05, 3.63) is 0 Å². The first kappa shape index (κ1) is 13.4. The molecule has 0 amide bonds. The molecule has 2 unspecified atom stereocenters. The second kappa shape index (κ2) is 6.85. The third-order valence-electron chi connectivity index (χ3n) is 3.15. The van der Waals surface area contributed by atoms with Gasteiger partial charge in [0.2, 0.25) is 0 Å². The Morgan fingerprint density at radius 3 is 2.40 bits per heavy atom. The molecule has 0 radical (unpaired) electrons. The maximum atomic E-state index is 12.1. The molecule has 3 heteroatoms. The van der Waals surface area contributed by atoms with Crippen molar-refractivity contribution in [2.75, 3.05) is 11.5 Å². The van der Waals surface area contributed by atoms with Crippen molar-refractivity contribution >= 4 is 29.3 Å². The van der Waals surface area contributed by atoms with Crippen LogP contribution in [0.2, 0.25) is 0 Å². The van der Waals surface area contributed by atoms with Crippen molar-refractivity contribution in [1.82, 2.24) is 0 Å². The van der Waals surface area contributed by atoms with E-state index in [9.17, 15) is 4.79 Å². The zero-order valence-electron chi connectivity index (χ0n) is 9.99. The Labute approximate surface area is 102 Å². The third kappa shape index (κ3) is 4.03. The second-order valence-electron chi connectivity index (χ2n) is 4.22. The van der Waals surface area contributed by atoms with E-state index in [1.165, 1.54) is 5.75 Å². The van der Waals surface area contributed by atoms with Crippen LogP contribution in [0.1, 0.15) is 40.0 Å². The highest BCUT2D eigenvalue weighted by Gasteiger charge is 2.29. The molecule has 0 saturated carbocycles. The number of rotatable bonds is 5. The van der Waals surface area contributed by atoms with Crippen LogP contribution in [0.15, 0.2) is 0 Å². The van der Waals surface area contributed by atoms with E-state index in [-0.39, 0.29) is 5.25 Å². The first-order chi connectivity index (χ1) is 7.19. The summed E-state index contributed by atoms with van der Waals surface area (Å²) >= 11 is 3.83. The van der Waals surface area contributed by atoms with Gasteiger partial charge in [-0.25, -0.2) is 0 Å². The summed E-state index contributed by atoms with van der Waals surface area (Å²) in [6, 6.07) is 0. The van der Waals surface area contributed by atoms with Crippen LogP contribution in [0.4, 0.5) is 0 Å². The Morgan fingerprint density at radius 1 is 1.27 bits per heavy atom. The van der Waals surface area contributed by atoms with E-state index in [0.717, 1.165) is 25.0 Å². The normalized spacial score (nSPS) is 26.9. The first-order valence-corrected chi connectivity index (χ1v) is 8.04. The maximum absolute atomic E-state index is 12.1. The van der Waals surface area contributed by atoms with Gasteiger partial charge >= 0.3 is 0 Å². The van der Waals surface area contributed by atoms with E-state index in [2.05, 4.69) is 20.8 Å². The fraction of sp³-hybridized carbons (Fsp3) is 0.917. The van der Waals surface area contributed by atoms with Gasteiger partial charge in [-0.3, -0.25) is 4.79 Å². The molecule has 1 aliphatic heterocycles. The summed E-state index contributed by atoms with van der Waals surface area (Å²) in [4.78, 5) is 12.1. The molecule has 1 nitrogen and oxygen atoms in total. The number of Topliss-reactive ketones (excluding diaryl/α,β-unsaturated/α-hetero) is 1. The van der Waals surface area contributed by atoms with Crippen molar-refractivity contribution in [2.24, 2.45) is 5.92 Å². The second-order valence-corrected chi connectivity index (χ2v) is 6.95. The molecule has 0 spiro atoms. The van der Waals surface area contributed by atoms with E-state index < -0.39 is 0 Å². The lowest BCUT2D eigenvalue weighted by molar-refractivity contribution is -0.119. The Hall–Kier alpha value is 0.370. The number of hydrogen-bond acceptors (Lipinski definition) is 3. The van der Waals surface area contributed by atoms with Crippen molar-refractivity contribution < 1.29 is 4.79 Å². The average Bonchev–Trinajstić information content (AvgIpc) is 2.26. The number of carbonyl (C=O) groups is 1. The molecule has 0 aliphatic carbocycles. The summed E-state index contributed by atoms with van der Waals surface area (Å²) in [6.45, 7) is 6.58. The topological polar surface area (TPSA) is 17.1 Å². The van der Waals surface area contributed by atoms with Gasteiger partial charge in [0.15, 0.2) is 0 Å². The molecule has 15 heavy (non-hydrogen) atoms. The summed E-state index contributed by atoms with van der Waals surface area (Å²) < 4.78 is 0. The van der Waals surface area contributed by atoms with Gasteiger partial charge in [-0.15, -0.1) is 11.8 Å².